The van der Waals surface area contributed by atoms with Gasteiger partial charge in [-0.2, -0.15) is 5.10 Å². The molecule has 1 aromatic carbocycles. The number of nitrogens with one attached hydrogen (secondary N) is 2. The fourth-order valence-electron chi connectivity index (χ4n) is 3.98. The summed E-state index contributed by atoms with van der Waals surface area (Å²) in [4.78, 5) is 38.7. The normalized spacial score (nSPS) is 13.7. The number of rotatable bonds is 5. The molecule has 0 saturated carbocycles. The number of hydrogen-bond acceptors (Lipinski definition) is 7. The molecule has 2 N–H and O–H groups in total. The topological polar surface area (TPSA) is 115 Å². The van der Waals surface area contributed by atoms with Gasteiger partial charge in [0.1, 0.15) is 21.9 Å². The number of carbonyl (C=O) groups is 2. The Morgan fingerprint density at radius 3 is 2.88 bits per heavy atom. The van der Waals surface area contributed by atoms with Crippen molar-refractivity contribution in [2.24, 2.45) is 7.05 Å². The lowest BCUT2D eigenvalue weighted by Crippen LogP contribution is -2.27. The van der Waals surface area contributed by atoms with Crippen molar-refractivity contribution in [3.05, 3.63) is 63.6 Å². The Kier molecular flexibility index (Phi) is 5.14. The van der Waals surface area contributed by atoms with Gasteiger partial charge in [-0.1, -0.05) is 12.1 Å². The van der Waals surface area contributed by atoms with Gasteiger partial charge in [0.05, 0.1) is 23.8 Å². The van der Waals surface area contributed by atoms with Gasteiger partial charge < -0.3 is 10.6 Å². The van der Waals surface area contributed by atoms with Crippen LogP contribution in [0.1, 0.15) is 55.7 Å². The quantitative estimate of drug-likeness (QED) is 0.486. The summed E-state index contributed by atoms with van der Waals surface area (Å²) in [6.07, 6.45) is 7.61. The van der Waals surface area contributed by atoms with Crippen LogP contribution < -0.4 is 10.6 Å². The zero-order valence-electron chi connectivity index (χ0n) is 17.6. The van der Waals surface area contributed by atoms with Crippen molar-refractivity contribution in [2.75, 3.05) is 5.32 Å². The third-order valence-corrected chi connectivity index (χ3v) is 6.78. The first kappa shape index (κ1) is 20.3. The van der Waals surface area contributed by atoms with E-state index in [-0.39, 0.29) is 17.5 Å². The van der Waals surface area contributed by atoms with Crippen LogP contribution in [0.15, 0.2) is 36.9 Å². The molecule has 3 heterocycles. The van der Waals surface area contributed by atoms with Crippen molar-refractivity contribution in [3.8, 4) is 0 Å². The van der Waals surface area contributed by atoms with E-state index in [1.54, 1.807) is 24.1 Å². The van der Waals surface area contributed by atoms with E-state index in [1.165, 1.54) is 28.8 Å². The first-order valence-corrected chi connectivity index (χ1v) is 11.1. The summed E-state index contributed by atoms with van der Waals surface area (Å²) < 4.78 is 1.59. The van der Waals surface area contributed by atoms with Gasteiger partial charge in [0.2, 0.25) is 0 Å². The predicted octanol–water partition coefficient (Wildman–Crippen LogP) is 3.05. The SMILES string of the molecule is CC(NC(=O)c1ncnc2c1cnn2C)c1ncc(C(=O)Nc2cccc3c2CCC3)s1. The van der Waals surface area contributed by atoms with Crippen LogP contribution in [0.2, 0.25) is 0 Å². The van der Waals surface area contributed by atoms with Crippen molar-refractivity contribution in [2.45, 2.75) is 32.2 Å². The maximum Gasteiger partial charge on any atom is 0.271 e. The van der Waals surface area contributed by atoms with E-state index in [0.717, 1.165) is 24.9 Å². The number of aryl methyl sites for hydroxylation is 2. The molecule has 1 aliphatic rings. The third kappa shape index (κ3) is 3.62. The first-order chi connectivity index (χ1) is 15.5. The summed E-state index contributed by atoms with van der Waals surface area (Å²) >= 11 is 1.26. The van der Waals surface area contributed by atoms with Crippen LogP contribution in [0.3, 0.4) is 0 Å². The molecule has 9 nitrogen and oxygen atoms in total. The van der Waals surface area contributed by atoms with E-state index < -0.39 is 6.04 Å². The summed E-state index contributed by atoms with van der Waals surface area (Å²) in [6, 6.07) is 5.64. The van der Waals surface area contributed by atoms with Gasteiger partial charge in [0.15, 0.2) is 5.65 Å². The molecule has 2 amide bonds. The highest BCUT2D eigenvalue weighted by Crippen LogP contribution is 2.29. The summed E-state index contributed by atoms with van der Waals surface area (Å²) in [7, 11) is 1.76. The number of thiazole rings is 1. The van der Waals surface area contributed by atoms with Crippen LogP contribution >= 0.6 is 11.3 Å². The zero-order valence-corrected chi connectivity index (χ0v) is 18.4. The van der Waals surface area contributed by atoms with Crippen molar-refractivity contribution in [1.29, 1.82) is 0 Å². The first-order valence-electron chi connectivity index (χ1n) is 10.3. The van der Waals surface area contributed by atoms with E-state index in [0.29, 0.717) is 20.9 Å². The number of anilines is 1. The molecule has 0 fully saturated rings. The third-order valence-electron chi connectivity index (χ3n) is 5.60. The smallest absolute Gasteiger partial charge is 0.271 e. The number of nitrogens with zero attached hydrogens (tertiary/aromatic N) is 5. The highest BCUT2D eigenvalue weighted by Gasteiger charge is 2.21. The largest absolute Gasteiger partial charge is 0.342 e. The summed E-state index contributed by atoms with van der Waals surface area (Å²) in [6.45, 7) is 1.82. The molecular formula is C22H21N7O2S. The Morgan fingerprint density at radius 1 is 1.12 bits per heavy atom. The van der Waals surface area contributed by atoms with E-state index in [4.69, 9.17) is 0 Å². The Balaban J connectivity index is 1.29. The van der Waals surface area contributed by atoms with Gasteiger partial charge in [-0.05, 0) is 43.4 Å². The van der Waals surface area contributed by atoms with Crippen LogP contribution in [0.5, 0.6) is 0 Å². The molecule has 1 aliphatic carbocycles. The van der Waals surface area contributed by atoms with Crippen molar-refractivity contribution < 1.29 is 9.59 Å². The molecule has 5 rings (SSSR count). The maximum absolute atomic E-state index is 12.8. The lowest BCUT2D eigenvalue weighted by Gasteiger charge is -2.11. The van der Waals surface area contributed by atoms with Crippen molar-refractivity contribution >= 4 is 39.9 Å². The lowest BCUT2D eigenvalue weighted by atomic mass is 10.1. The van der Waals surface area contributed by atoms with Crippen LogP contribution in [0.4, 0.5) is 5.69 Å². The molecular weight excluding hydrogens is 426 g/mol. The van der Waals surface area contributed by atoms with Gasteiger partial charge in [-0.3, -0.25) is 14.3 Å². The van der Waals surface area contributed by atoms with Gasteiger partial charge in [0, 0.05) is 12.7 Å². The highest BCUT2D eigenvalue weighted by atomic mass is 32.1. The number of carbonyl (C=O) groups excluding carboxylic acids is 2. The fourth-order valence-corrected chi connectivity index (χ4v) is 4.80. The van der Waals surface area contributed by atoms with Gasteiger partial charge in [0.25, 0.3) is 11.8 Å². The van der Waals surface area contributed by atoms with E-state index in [2.05, 4.69) is 36.8 Å². The Labute approximate surface area is 187 Å². The second kappa shape index (κ2) is 8.12. The van der Waals surface area contributed by atoms with Crippen LogP contribution in [0, 0.1) is 0 Å². The minimum Gasteiger partial charge on any atom is -0.342 e. The number of benzene rings is 1. The average Bonchev–Trinajstić information content (AvgIpc) is 3.54. The molecule has 4 aromatic rings. The molecule has 1 atom stereocenters. The number of fused-ring (bicyclic) bond motifs is 2. The molecule has 0 saturated heterocycles. The second-order valence-electron chi connectivity index (χ2n) is 7.74. The summed E-state index contributed by atoms with van der Waals surface area (Å²) in [5.41, 5.74) is 4.22. The van der Waals surface area contributed by atoms with E-state index >= 15 is 0 Å². The van der Waals surface area contributed by atoms with Gasteiger partial charge in [-0.15, -0.1) is 11.3 Å². The fraction of sp³-hybridized carbons (Fsp3) is 0.273. The number of hydrogen-bond donors (Lipinski definition) is 2. The van der Waals surface area contributed by atoms with Crippen molar-refractivity contribution in [1.82, 2.24) is 30.0 Å². The average molecular weight is 448 g/mol. The minimum absolute atomic E-state index is 0.194. The monoisotopic (exact) mass is 447 g/mol. The summed E-state index contributed by atoms with van der Waals surface area (Å²) in [5, 5.41) is 11.3. The van der Waals surface area contributed by atoms with Crippen LogP contribution in [-0.4, -0.2) is 36.5 Å². The minimum atomic E-state index is -0.392. The molecule has 0 bridgehead atoms. The van der Waals surface area contributed by atoms with Gasteiger partial charge >= 0.3 is 0 Å². The standard InChI is InChI=1S/C22H21N7O2S/c1-12(27-21(31)18-15-9-26-29(2)19(15)25-11-24-18)22-23-10-17(32-22)20(30)28-16-8-4-6-13-5-3-7-14(13)16/h4,6,8-12H,3,5,7H2,1-2H3,(H,27,31)(H,28,30). The predicted molar refractivity (Wildman–Crippen MR) is 121 cm³/mol. The zero-order chi connectivity index (χ0) is 22.2. The van der Waals surface area contributed by atoms with E-state index in [9.17, 15) is 9.59 Å². The molecule has 0 aliphatic heterocycles. The lowest BCUT2D eigenvalue weighted by molar-refractivity contribution is 0.0936. The molecule has 0 radical (unpaired) electrons. The highest BCUT2D eigenvalue weighted by molar-refractivity contribution is 7.13. The van der Waals surface area contributed by atoms with Crippen LogP contribution in [0.25, 0.3) is 11.0 Å². The Bertz CT molecular complexity index is 1340. The van der Waals surface area contributed by atoms with E-state index in [1.807, 2.05) is 19.1 Å². The molecule has 162 valence electrons. The maximum atomic E-state index is 12.8. The molecule has 3 aromatic heterocycles. The molecule has 32 heavy (non-hydrogen) atoms. The van der Waals surface area contributed by atoms with Crippen molar-refractivity contribution in [3.63, 3.8) is 0 Å². The summed E-state index contributed by atoms with van der Waals surface area (Å²) in [5.74, 6) is -0.542. The van der Waals surface area contributed by atoms with Gasteiger partial charge in [-0.25, -0.2) is 15.0 Å². The molecule has 0 spiro atoms. The molecule has 1 unspecified atom stereocenters. The Morgan fingerprint density at radius 2 is 2.00 bits per heavy atom. The Hall–Kier alpha value is -3.66. The van der Waals surface area contributed by atoms with Crippen LogP contribution in [-0.2, 0) is 19.9 Å². The number of amides is 2. The second-order valence-corrected chi connectivity index (χ2v) is 8.80. The molecule has 10 heteroatoms. The number of aromatic nitrogens is 5.